The number of pyridine rings is 1. The number of hydrogen-bond acceptors (Lipinski definition) is 6. The first-order valence-corrected chi connectivity index (χ1v) is 12.2. The third kappa shape index (κ3) is 9.77. The number of nitrogens with two attached hydrogens (primary N) is 2. The Kier molecular flexibility index (Phi) is 11.8. The second kappa shape index (κ2) is 13.3. The smallest absolute Gasteiger partial charge is 0.128 e. The standard InChI is InChI=1S/C17H19Cl2N3O.C4H11NS.C2H6/c18-14-8-12(16(23)9-15(14)19)7-11-3-5-22(6-4-11)17-2-1-13(20)10-21-17;1-4(2,3)6-5;1-2/h1-2,8-11,23H,3-7,20H2;5H2,1-3H3;1-2H3. The first kappa shape index (κ1) is 27.7. The van der Waals surface area contributed by atoms with Gasteiger partial charge in [-0.3, -0.25) is 5.14 Å². The maximum absolute atomic E-state index is 10.0. The van der Waals surface area contributed by atoms with Crippen molar-refractivity contribution in [3.8, 4) is 5.75 Å². The van der Waals surface area contributed by atoms with Gasteiger partial charge in [-0.05, 0) is 69.7 Å². The van der Waals surface area contributed by atoms with E-state index in [1.807, 2.05) is 26.0 Å². The van der Waals surface area contributed by atoms with Gasteiger partial charge in [-0.2, -0.15) is 0 Å². The molecule has 0 spiro atoms. The molecule has 1 aromatic carbocycles. The average Bonchev–Trinajstić information content (AvgIpc) is 2.74. The Hall–Kier alpha value is -1.34. The van der Waals surface area contributed by atoms with E-state index in [2.05, 4.69) is 30.7 Å². The summed E-state index contributed by atoms with van der Waals surface area (Å²) in [6, 6.07) is 7.13. The van der Waals surface area contributed by atoms with Crippen LogP contribution in [0.3, 0.4) is 0 Å². The van der Waals surface area contributed by atoms with E-state index in [1.54, 1.807) is 12.3 Å². The Morgan fingerprint density at radius 2 is 1.68 bits per heavy atom. The van der Waals surface area contributed by atoms with Crippen LogP contribution in [0, 0.1) is 5.92 Å². The molecule has 1 aromatic heterocycles. The van der Waals surface area contributed by atoms with Crippen LogP contribution in [0.5, 0.6) is 5.75 Å². The fraction of sp³-hybridized carbons (Fsp3) is 0.522. The third-order valence-electron chi connectivity index (χ3n) is 4.69. The third-order valence-corrected chi connectivity index (χ3v) is 6.12. The monoisotopic (exact) mass is 486 g/mol. The summed E-state index contributed by atoms with van der Waals surface area (Å²) in [5.41, 5.74) is 7.22. The molecule has 5 nitrogen and oxygen atoms in total. The molecular weight excluding hydrogens is 451 g/mol. The molecule has 1 saturated heterocycles. The summed E-state index contributed by atoms with van der Waals surface area (Å²) in [7, 11) is 0. The number of rotatable bonds is 3. The minimum absolute atomic E-state index is 0.224. The zero-order chi connectivity index (χ0) is 23.6. The lowest BCUT2D eigenvalue weighted by atomic mass is 9.90. The van der Waals surface area contributed by atoms with E-state index in [9.17, 15) is 5.11 Å². The van der Waals surface area contributed by atoms with Crippen LogP contribution in [-0.2, 0) is 6.42 Å². The number of nitrogen functional groups attached to an aromatic ring is 1. The van der Waals surface area contributed by atoms with Gasteiger partial charge in [0.25, 0.3) is 0 Å². The molecule has 174 valence electrons. The molecule has 2 heterocycles. The zero-order valence-corrected chi connectivity index (χ0v) is 21.5. The molecule has 0 unspecified atom stereocenters. The SMILES string of the molecule is CC.CC(C)(C)SN.Nc1ccc(N2CCC(Cc3cc(Cl)c(Cl)cc3O)CC2)nc1. The molecule has 0 radical (unpaired) electrons. The van der Waals surface area contributed by atoms with Crippen LogP contribution in [0.1, 0.15) is 53.0 Å². The van der Waals surface area contributed by atoms with Gasteiger partial charge in [0.15, 0.2) is 0 Å². The van der Waals surface area contributed by atoms with Crippen LogP contribution in [0.2, 0.25) is 10.0 Å². The van der Waals surface area contributed by atoms with E-state index in [4.69, 9.17) is 34.1 Å². The van der Waals surface area contributed by atoms with Gasteiger partial charge in [-0.15, -0.1) is 0 Å². The molecule has 0 bridgehead atoms. The largest absolute Gasteiger partial charge is 0.508 e. The highest BCUT2D eigenvalue weighted by molar-refractivity contribution is 7.98. The second-order valence-electron chi connectivity index (χ2n) is 8.21. The summed E-state index contributed by atoms with van der Waals surface area (Å²) in [4.78, 5) is 6.64. The predicted molar refractivity (Wildman–Crippen MR) is 138 cm³/mol. The summed E-state index contributed by atoms with van der Waals surface area (Å²) in [5.74, 6) is 1.71. The summed E-state index contributed by atoms with van der Waals surface area (Å²) in [5, 5.41) is 16.1. The molecule has 0 aliphatic carbocycles. The molecular formula is C23H36Cl2N4OS. The van der Waals surface area contributed by atoms with Gasteiger partial charge in [-0.1, -0.05) is 49.0 Å². The van der Waals surface area contributed by atoms with Crippen LogP contribution < -0.4 is 15.8 Å². The molecule has 1 aliphatic heterocycles. The lowest BCUT2D eigenvalue weighted by Gasteiger charge is -2.33. The van der Waals surface area contributed by atoms with E-state index in [0.717, 1.165) is 43.7 Å². The van der Waals surface area contributed by atoms with Crippen LogP contribution in [0.15, 0.2) is 30.5 Å². The number of hydrogen-bond donors (Lipinski definition) is 3. The molecule has 3 rings (SSSR count). The number of phenolic OH excluding ortho intramolecular Hbond substituents is 1. The molecule has 0 saturated carbocycles. The van der Waals surface area contributed by atoms with E-state index in [0.29, 0.717) is 21.7 Å². The Balaban J connectivity index is 0.000000521. The molecule has 5 N–H and O–H groups in total. The Morgan fingerprint density at radius 3 is 2.16 bits per heavy atom. The normalized spacial score (nSPS) is 14.3. The summed E-state index contributed by atoms with van der Waals surface area (Å²) < 4.78 is 0.236. The number of benzene rings is 1. The lowest BCUT2D eigenvalue weighted by Crippen LogP contribution is -2.34. The van der Waals surface area contributed by atoms with Crippen molar-refractivity contribution in [3.63, 3.8) is 0 Å². The van der Waals surface area contributed by atoms with Gasteiger partial charge in [0.2, 0.25) is 0 Å². The molecule has 0 atom stereocenters. The number of halogens is 2. The first-order chi connectivity index (χ1) is 14.6. The van der Waals surface area contributed by atoms with Gasteiger partial charge in [0.1, 0.15) is 11.6 Å². The van der Waals surface area contributed by atoms with E-state index < -0.39 is 0 Å². The Bertz CT molecular complexity index is 789. The lowest BCUT2D eigenvalue weighted by molar-refractivity contribution is 0.392. The predicted octanol–water partition coefficient (Wildman–Crippen LogP) is 6.55. The maximum atomic E-state index is 10.0. The Labute approximate surface area is 201 Å². The summed E-state index contributed by atoms with van der Waals surface area (Å²) >= 11 is 13.3. The summed E-state index contributed by atoms with van der Waals surface area (Å²) in [6.07, 6.45) is 4.60. The number of aromatic nitrogens is 1. The van der Waals surface area contributed by atoms with Gasteiger partial charge in [0, 0.05) is 23.9 Å². The van der Waals surface area contributed by atoms with E-state index in [1.165, 1.54) is 18.0 Å². The van der Waals surface area contributed by atoms with Crippen LogP contribution in [0.4, 0.5) is 11.5 Å². The van der Waals surface area contributed by atoms with E-state index in [-0.39, 0.29) is 10.5 Å². The number of piperidine rings is 1. The zero-order valence-electron chi connectivity index (χ0n) is 19.2. The van der Waals surface area contributed by atoms with Crippen molar-refractivity contribution in [3.05, 3.63) is 46.1 Å². The van der Waals surface area contributed by atoms with Crippen molar-refractivity contribution >= 4 is 46.7 Å². The number of nitrogens with zero attached hydrogens (tertiary/aromatic N) is 2. The highest BCUT2D eigenvalue weighted by Gasteiger charge is 2.21. The molecule has 0 amide bonds. The molecule has 2 aromatic rings. The Morgan fingerprint density at radius 1 is 1.13 bits per heavy atom. The summed E-state index contributed by atoms with van der Waals surface area (Å²) in [6.45, 7) is 12.1. The minimum atomic E-state index is 0.224. The average molecular weight is 488 g/mol. The van der Waals surface area contributed by atoms with Gasteiger partial charge in [-0.25, -0.2) is 4.98 Å². The molecule has 1 fully saturated rings. The fourth-order valence-electron chi connectivity index (χ4n) is 3.00. The van der Waals surface area contributed by atoms with Crippen LogP contribution in [0.25, 0.3) is 0 Å². The van der Waals surface area contributed by atoms with E-state index >= 15 is 0 Å². The van der Waals surface area contributed by atoms with Crippen LogP contribution >= 0.6 is 35.1 Å². The van der Waals surface area contributed by atoms with Crippen molar-refractivity contribution < 1.29 is 5.11 Å². The highest BCUT2D eigenvalue weighted by atomic mass is 35.5. The van der Waals surface area contributed by atoms with Crippen molar-refractivity contribution in [2.24, 2.45) is 11.1 Å². The second-order valence-corrected chi connectivity index (χ2v) is 10.5. The number of anilines is 2. The first-order valence-electron chi connectivity index (χ1n) is 10.6. The van der Waals surface area contributed by atoms with Gasteiger partial charge >= 0.3 is 0 Å². The van der Waals surface area contributed by atoms with Crippen LogP contribution in [-0.4, -0.2) is 27.9 Å². The molecule has 8 heteroatoms. The molecule has 31 heavy (non-hydrogen) atoms. The van der Waals surface area contributed by atoms with Gasteiger partial charge in [0.05, 0.1) is 21.9 Å². The van der Waals surface area contributed by atoms with Gasteiger partial charge < -0.3 is 15.7 Å². The topological polar surface area (TPSA) is 88.4 Å². The molecule has 1 aliphatic rings. The van der Waals surface area contributed by atoms with Crippen molar-refractivity contribution in [2.75, 3.05) is 23.7 Å². The highest BCUT2D eigenvalue weighted by Crippen LogP contribution is 2.33. The number of aromatic hydroxyl groups is 1. The minimum Gasteiger partial charge on any atom is -0.508 e. The van der Waals surface area contributed by atoms with Crippen molar-refractivity contribution in [1.82, 2.24) is 4.98 Å². The quantitative estimate of drug-likeness (QED) is 0.425. The number of phenols is 1. The van der Waals surface area contributed by atoms with Crippen molar-refractivity contribution in [1.29, 1.82) is 0 Å². The fourth-order valence-corrected chi connectivity index (χ4v) is 3.35. The maximum Gasteiger partial charge on any atom is 0.128 e. The van der Waals surface area contributed by atoms with Crippen molar-refractivity contribution in [2.45, 2.75) is 58.6 Å².